The van der Waals surface area contributed by atoms with E-state index in [-0.39, 0.29) is 11.4 Å². The predicted molar refractivity (Wildman–Crippen MR) is 70.1 cm³/mol. The predicted octanol–water partition coefficient (Wildman–Crippen LogP) is 1.22. The van der Waals surface area contributed by atoms with E-state index in [1.165, 1.54) is 0 Å². The molecule has 0 saturated carbocycles. The van der Waals surface area contributed by atoms with Gasteiger partial charge in [-0.15, -0.1) is 0 Å². The third kappa shape index (κ3) is 5.14. The quantitative estimate of drug-likeness (QED) is 0.797. The largest absolute Gasteiger partial charge is 0.481 e. The van der Waals surface area contributed by atoms with Crippen LogP contribution in [-0.2, 0) is 11.3 Å². The van der Waals surface area contributed by atoms with Gasteiger partial charge in [0.15, 0.2) is 0 Å². The Labute approximate surface area is 108 Å². The maximum absolute atomic E-state index is 11.6. The molecule has 100 valence electrons. The molecule has 0 atom stereocenters. The van der Waals surface area contributed by atoms with E-state index in [4.69, 9.17) is 10.5 Å². The van der Waals surface area contributed by atoms with Crippen LogP contribution in [0.1, 0.15) is 32.3 Å². The average molecular weight is 251 g/mol. The minimum absolute atomic E-state index is 0.0144. The summed E-state index contributed by atoms with van der Waals surface area (Å²) in [5, 5.41) is 2.83. The number of rotatable bonds is 6. The van der Waals surface area contributed by atoms with Crippen molar-refractivity contribution in [3.8, 4) is 5.88 Å². The van der Waals surface area contributed by atoms with Crippen LogP contribution in [0.3, 0.4) is 0 Å². The number of carbonyl (C=O) groups excluding carboxylic acids is 1. The number of amides is 1. The third-order valence-corrected chi connectivity index (χ3v) is 2.52. The van der Waals surface area contributed by atoms with Gasteiger partial charge in [-0.25, -0.2) is 4.98 Å². The van der Waals surface area contributed by atoms with Crippen LogP contribution in [0, 0.1) is 0 Å². The van der Waals surface area contributed by atoms with Gasteiger partial charge in [0, 0.05) is 30.3 Å². The topological polar surface area (TPSA) is 77.2 Å². The highest BCUT2D eigenvalue weighted by atomic mass is 16.5. The Bertz CT molecular complexity index is 399. The number of methoxy groups -OCH3 is 1. The highest BCUT2D eigenvalue weighted by Crippen LogP contribution is 2.13. The van der Waals surface area contributed by atoms with Gasteiger partial charge < -0.3 is 15.8 Å². The smallest absolute Gasteiger partial charge is 0.220 e. The number of hydrogen-bond acceptors (Lipinski definition) is 4. The third-order valence-electron chi connectivity index (χ3n) is 2.52. The van der Waals surface area contributed by atoms with Gasteiger partial charge in [-0.2, -0.15) is 0 Å². The molecule has 0 aliphatic rings. The molecule has 1 heterocycles. The lowest BCUT2D eigenvalue weighted by molar-refractivity contribution is -0.121. The Morgan fingerprint density at radius 2 is 2.28 bits per heavy atom. The van der Waals surface area contributed by atoms with Gasteiger partial charge in [0.2, 0.25) is 11.8 Å². The first-order valence-corrected chi connectivity index (χ1v) is 5.96. The molecule has 0 aromatic carbocycles. The molecule has 0 spiro atoms. The fourth-order valence-corrected chi connectivity index (χ4v) is 1.46. The lowest BCUT2D eigenvalue weighted by atomic mass is 10.00. The fourth-order valence-electron chi connectivity index (χ4n) is 1.46. The monoisotopic (exact) mass is 251 g/mol. The van der Waals surface area contributed by atoms with Crippen molar-refractivity contribution < 1.29 is 9.53 Å². The van der Waals surface area contributed by atoms with E-state index in [1.54, 1.807) is 13.3 Å². The lowest BCUT2D eigenvalue weighted by Gasteiger charge is -2.17. The second-order valence-corrected chi connectivity index (χ2v) is 4.94. The molecule has 0 saturated heterocycles. The molecular weight excluding hydrogens is 230 g/mol. The highest BCUT2D eigenvalue weighted by molar-refractivity contribution is 5.76. The van der Waals surface area contributed by atoms with Gasteiger partial charge in [0.1, 0.15) is 0 Å². The zero-order chi connectivity index (χ0) is 13.6. The van der Waals surface area contributed by atoms with E-state index in [9.17, 15) is 4.79 Å². The summed E-state index contributed by atoms with van der Waals surface area (Å²) >= 11 is 0. The minimum Gasteiger partial charge on any atom is -0.481 e. The summed E-state index contributed by atoms with van der Waals surface area (Å²) in [6, 6.07) is 3.69. The molecule has 0 aliphatic heterocycles. The first kappa shape index (κ1) is 14.4. The van der Waals surface area contributed by atoms with E-state index in [0.29, 0.717) is 25.3 Å². The van der Waals surface area contributed by atoms with Gasteiger partial charge in [0.05, 0.1) is 7.11 Å². The van der Waals surface area contributed by atoms with E-state index in [0.717, 1.165) is 5.56 Å². The van der Waals surface area contributed by atoms with Crippen LogP contribution in [0.4, 0.5) is 0 Å². The van der Waals surface area contributed by atoms with Crippen molar-refractivity contribution in [1.29, 1.82) is 0 Å². The molecule has 1 amide bonds. The van der Waals surface area contributed by atoms with Crippen molar-refractivity contribution >= 4 is 5.91 Å². The number of pyridine rings is 1. The first-order valence-electron chi connectivity index (χ1n) is 5.96. The van der Waals surface area contributed by atoms with Crippen molar-refractivity contribution in [3.63, 3.8) is 0 Å². The van der Waals surface area contributed by atoms with Gasteiger partial charge in [-0.1, -0.05) is 6.07 Å². The van der Waals surface area contributed by atoms with Crippen molar-refractivity contribution in [3.05, 3.63) is 23.9 Å². The second-order valence-electron chi connectivity index (χ2n) is 4.94. The molecule has 0 aliphatic carbocycles. The number of carbonyl (C=O) groups is 1. The molecule has 18 heavy (non-hydrogen) atoms. The summed E-state index contributed by atoms with van der Waals surface area (Å²) < 4.78 is 5.11. The number of hydrogen-bond donors (Lipinski definition) is 2. The Morgan fingerprint density at radius 3 is 2.89 bits per heavy atom. The van der Waals surface area contributed by atoms with Crippen molar-refractivity contribution in [2.45, 2.75) is 38.8 Å². The van der Waals surface area contributed by atoms with Crippen LogP contribution in [0.2, 0.25) is 0 Å². The highest BCUT2D eigenvalue weighted by Gasteiger charge is 2.13. The van der Waals surface area contributed by atoms with Gasteiger partial charge in [-0.3, -0.25) is 4.79 Å². The molecule has 1 aromatic rings. The SMILES string of the molecule is COc1ncccc1CNC(=O)CCC(C)(C)N. The minimum atomic E-state index is -0.316. The molecule has 0 unspecified atom stereocenters. The van der Waals surface area contributed by atoms with Crippen molar-refractivity contribution in [2.75, 3.05) is 7.11 Å². The standard InChI is InChI=1S/C13H21N3O2/c1-13(2,14)7-6-11(17)16-9-10-5-4-8-15-12(10)18-3/h4-5,8H,6-7,9,14H2,1-3H3,(H,16,17). The summed E-state index contributed by atoms with van der Waals surface area (Å²) in [6.45, 7) is 4.23. The van der Waals surface area contributed by atoms with Crippen molar-refractivity contribution in [1.82, 2.24) is 10.3 Å². The first-order chi connectivity index (χ1) is 8.42. The number of ether oxygens (including phenoxy) is 1. The summed E-state index contributed by atoms with van der Waals surface area (Å²) in [5.74, 6) is 0.524. The molecule has 5 nitrogen and oxygen atoms in total. The summed E-state index contributed by atoms with van der Waals surface area (Å²) in [6.07, 6.45) is 2.73. The van der Waals surface area contributed by atoms with E-state index in [1.807, 2.05) is 26.0 Å². The summed E-state index contributed by atoms with van der Waals surface area (Å²) in [7, 11) is 1.56. The maximum Gasteiger partial charge on any atom is 0.220 e. The molecule has 0 radical (unpaired) electrons. The average Bonchev–Trinajstić information content (AvgIpc) is 2.33. The number of nitrogens with one attached hydrogen (secondary N) is 1. The Balaban J connectivity index is 2.43. The van der Waals surface area contributed by atoms with Crippen LogP contribution in [-0.4, -0.2) is 23.5 Å². The molecule has 1 rings (SSSR count). The lowest BCUT2D eigenvalue weighted by Crippen LogP contribution is -2.34. The zero-order valence-corrected chi connectivity index (χ0v) is 11.2. The Morgan fingerprint density at radius 1 is 1.56 bits per heavy atom. The van der Waals surface area contributed by atoms with Gasteiger partial charge in [-0.05, 0) is 26.3 Å². The Kier molecular flexibility index (Phi) is 5.09. The fraction of sp³-hybridized carbons (Fsp3) is 0.538. The number of nitrogens with zero attached hydrogens (tertiary/aromatic N) is 1. The molecule has 3 N–H and O–H groups in total. The van der Waals surface area contributed by atoms with Gasteiger partial charge in [0.25, 0.3) is 0 Å². The molecule has 1 aromatic heterocycles. The van der Waals surface area contributed by atoms with Crippen LogP contribution >= 0.6 is 0 Å². The van der Waals surface area contributed by atoms with Crippen molar-refractivity contribution in [2.24, 2.45) is 5.73 Å². The molecule has 5 heteroatoms. The van der Waals surface area contributed by atoms with Crippen LogP contribution in [0.5, 0.6) is 5.88 Å². The molecule has 0 bridgehead atoms. The molecular formula is C13H21N3O2. The van der Waals surface area contributed by atoms with E-state index >= 15 is 0 Å². The summed E-state index contributed by atoms with van der Waals surface area (Å²) in [4.78, 5) is 15.7. The number of aromatic nitrogens is 1. The normalized spacial score (nSPS) is 11.1. The zero-order valence-electron chi connectivity index (χ0n) is 11.2. The van der Waals surface area contributed by atoms with E-state index in [2.05, 4.69) is 10.3 Å². The van der Waals surface area contributed by atoms with Crippen LogP contribution in [0.15, 0.2) is 18.3 Å². The van der Waals surface area contributed by atoms with E-state index < -0.39 is 0 Å². The number of nitrogens with two attached hydrogens (primary N) is 1. The van der Waals surface area contributed by atoms with Crippen LogP contribution < -0.4 is 15.8 Å². The molecule has 0 fully saturated rings. The van der Waals surface area contributed by atoms with Crippen LogP contribution in [0.25, 0.3) is 0 Å². The Hall–Kier alpha value is -1.62. The second kappa shape index (κ2) is 6.35. The van der Waals surface area contributed by atoms with Gasteiger partial charge >= 0.3 is 0 Å². The maximum atomic E-state index is 11.6. The summed E-state index contributed by atoms with van der Waals surface area (Å²) in [5.41, 5.74) is 6.37.